The quantitative estimate of drug-likeness (QED) is 0.853. The summed E-state index contributed by atoms with van der Waals surface area (Å²) in [4.78, 5) is 13.6. The monoisotopic (exact) mass is 334 g/mol. The minimum absolute atomic E-state index is 0.699. The van der Waals surface area contributed by atoms with Gasteiger partial charge in [-0.15, -0.1) is 0 Å². The van der Waals surface area contributed by atoms with Crippen LogP contribution in [-0.2, 0) is 6.42 Å². The van der Waals surface area contributed by atoms with Crippen molar-refractivity contribution in [2.24, 2.45) is 0 Å². The van der Waals surface area contributed by atoms with E-state index in [4.69, 9.17) is 0 Å². The summed E-state index contributed by atoms with van der Waals surface area (Å²) in [6.45, 7) is 5.10. The third kappa shape index (κ3) is 3.61. The summed E-state index contributed by atoms with van der Waals surface area (Å²) in [6, 6.07) is 3.89. The standard InChI is InChI=1S/C15H19BrN4/c1-10-13(5-4-8-17-3)11(2)20-15(19-10)14-7-6-12(16)9-18-14/h6-7,9,17H,4-5,8H2,1-3H3. The maximum Gasteiger partial charge on any atom is 0.178 e. The van der Waals surface area contributed by atoms with Crippen LogP contribution in [0.4, 0.5) is 0 Å². The highest BCUT2D eigenvalue weighted by atomic mass is 79.9. The van der Waals surface area contributed by atoms with Gasteiger partial charge in [-0.2, -0.15) is 0 Å². The molecule has 0 saturated heterocycles. The average molecular weight is 335 g/mol. The Hall–Kier alpha value is -1.33. The van der Waals surface area contributed by atoms with Gasteiger partial charge in [0, 0.05) is 22.1 Å². The molecule has 2 heterocycles. The number of rotatable bonds is 5. The highest BCUT2D eigenvalue weighted by Crippen LogP contribution is 2.19. The van der Waals surface area contributed by atoms with E-state index in [0.717, 1.165) is 40.9 Å². The van der Waals surface area contributed by atoms with E-state index in [1.807, 2.05) is 33.0 Å². The summed E-state index contributed by atoms with van der Waals surface area (Å²) in [5.41, 5.74) is 4.16. The minimum atomic E-state index is 0.699. The third-order valence-electron chi connectivity index (χ3n) is 3.23. The highest BCUT2D eigenvalue weighted by Gasteiger charge is 2.10. The van der Waals surface area contributed by atoms with E-state index in [1.165, 1.54) is 5.56 Å². The van der Waals surface area contributed by atoms with E-state index < -0.39 is 0 Å². The first-order valence-electron chi connectivity index (χ1n) is 6.72. The summed E-state index contributed by atoms with van der Waals surface area (Å²) < 4.78 is 0.957. The Morgan fingerprint density at radius 1 is 1.15 bits per heavy atom. The second-order valence-electron chi connectivity index (χ2n) is 4.77. The van der Waals surface area contributed by atoms with Crippen molar-refractivity contribution in [3.63, 3.8) is 0 Å². The van der Waals surface area contributed by atoms with Gasteiger partial charge < -0.3 is 5.32 Å². The maximum atomic E-state index is 4.60. The van der Waals surface area contributed by atoms with Crippen LogP contribution in [0.3, 0.4) is 0 Å². The van der Waals surface area contributed by atoms with Crippen molar-refractivity contribution >= 4 is 15.9 Å². The van der Waals surface area contributed by atoms with Crippen molar-refractivity contribution in [1.29, 1.82) is 0 Å². The molecule has 0 amide bonds. The van der Waals surface area contributed by atoms with Crippen LogP contribution >= 0.6 is 15.9 Å². The Kier molecular flexibility index (Phi) is 5.20. The van der Waals surface area contributed by atoms with Crippen LogP contribution in [0, 0.1) is 13.8 Å². The molecule has 0 aliphatic carbocycles. The average Bonchev–Trinajstić information content (AvgIpc) is 2.42. The molecule has 4 nitrogen and oxygen atoms in total. The molecule has 0 aliphatic rings. The first-order valence-corrected chi connectivity index (χ1v) is 7.51. The van der Waals surface area contributed by atoms with Gasteiger partial charge in [0.05, 0.1) is 0 Å². The Balaban J connectivity index is 2.27. The van der Waals surface area contributed by atoms with Crippen molar-refractivity contribution in [3.05, 3.63) is 39.8 Å². The minimum Gasteiger partial charge on any atom is -0.320 e. The molecule has 0 spiro atoms. The second kappa shape index (κ2) is 6.90. The predicted molar refractivity (Wildman–Crippen MR) is 84.7 cm³/mol. The fourth-order valence-electron chi connectivity index (χ4n) is 2.17. The van der Waals surface area contributed by atoms with Gasteiger partial charge in [0.15, 0.2) is 5.82 Å². The first-order chi connectivity index (χ1) is 9.61. The zero-order valence-corrected chi connectivity index (χ0v) is 13.7. The summed E-state index contributed by atoms with van der Waals surface area (Å²) in [7, 11) is 1.97. The number of halogens is 1. The van der Waals surface area contributed by atoms with E-state index in [9.17, 15) is 0 Å². The molecule has 2 aromatic heterocycles. The molecule has 2 aromatic rings. The number of nitrogens with zero attached hydrogens (tertiary/aromatic N) is 3. The highest BCUT2D eigenvalue weighted by molar-refractivity contribution is 9.10. The molecule has 0 atom stereocenters. The number of nitrogens with one attached hydrogen (secondary N) is 1. The summed E-state index contributed by atoms with van der Waals surface area (Å²) in [6.07, 6.45) is 3.87. The number of aromatic nitrogens is 3. The largest absolute Gasteiger partial charge is 0.320 e. The lowest BCUT2D eigenvalue weighted by atomic mass is 10.1. The maximum absolute atomic E-state index is 4.60. The molecule has 0 saturated carbocycles. The predicted octanol–water partition coefficient (Wildman–Crippen LogP) is 3.07. The van der Waals surface area contributed by atoms with Gasteiger partial charge in [-0.05, 0) is 73.9 Å². The van der Waals surface area contributed by atoms with Gasteiger partial charge in [-0.25, -0.2) is 9.97 Å². The van der Waals surface area contributed by atoms with Crippen molar-refractivity contribution < 1.29 is 0 Å². The Morgan fingerprint density at radius 2 is 1.85 bits per heavy atom. The van der Waals surface area contributed by atoms with Crippen molar-refractivity contribution in [1.82, 2.24) is 20.3 Å². The molecule has 0 aliphatic heterocycles. The zero-order valence-electron chi connectivity index (χ0n) is 12.1. The summed E-state index contributed by atoms with van der Waals surface area (Å²) >= 11 is 3.38. The Labute approximate surface area is 128 Å². The van der Waals surface area contributed by atoms with E-state index in [0.29, 0.717) is 5.82 Å². The van der Waals surface area contributed by atoms with Gasteiger partial charge in [-0.3, -0.25) is 4.98 Å². The van der Waals surface area contributed by atoms with Crippen LogP contribution in [-0.4, -0.2) is 28.5 Å². The number of pyridine rings is 1. The van der Waals surface area contributed by atoms with E-state index in [1.54, 1.807) is 6.20 Å². The fourth-order valence-corrected chi connectivity index (χ4v) is 2.40. The Morgan fingerprint density at radius 3 is 2.40 bits per heavy atom. The number of hydrogen-bond acceptors (Lipinski definition) is 4. The molecule has 2 rings (SSSR count). The molecule has 0 radical (unpaired) electrons. The molecule has 5 heteroatoms. The van der Waals surface area contributed by atoms with Crippen molar-refractivity contribution in [2.45, 2.75) is 26.7 Å². The molecule has 20 heavy (non-hydrogen) atoms. The van der Waals surface area contributed by atoms with Gasteiger partial charge in [0.25, 0.3) is 0 Å². The molecular weight excluding hydrogens is 316 g/mol. The molecule has 0 bridgehead atoms. The van der Waals surface area contributed by atoms with Crippen LogP contribution in [0.25, 0.3) is 11.5 Å². The van der Waals surface area contributed by atoms with Crippen molar-refractivity contribution in [2.75, 3.05) is 13.6 Å². The van der Waals surface area contributed by atoms with Gasteiger partial charge in [0.1, 0.15) is 5.69 Å². The SMILES string of the molecule is CNCCCc1c(C)nc(-c2ccc(Br)cn2)nc1C. The van der Waals surface area contributed by atoms with Crippen LogP contribution in [0.5, 0.6) is 0 Å². The smallest absolute Gasteiger partial charge is 0.178 e. The van der Waals surface area contributed by atoms with Crippen molar-refractivity contribution in [3.8, 4) is 11.5 Å². The van der Waals surface area contributed by atoms with Crippen LogP contribution in [0.15, 0.2) is 22.8 Å². The number of hydrogen-bond donors (Lipinski definition) is 1. The summed E-state index contributed by atoms with van der Waals surface area (Å²) in [5, 5.41) is 3.16. The molecule has 0 aromatic carbocycles. The normalized spacial score (nSPS) is 10.8. The first kappa shape index (κ1) is 15.1. The Bertz CT molecular complexity index is 558. The molecular formula is C15H19BrN4. The molecule has 106 valence electrons. The second-order valence-corrected chi connectivity index (χ2v) is 5.68. The van der Waals surface area contributed by atoms with Gasteiger partial charge in [-0.1, -0.05) is 0 Å². The lowest BCUT2D eigenvalue weighted by Gasteiger charge is -2.10. The van der Waals surface area contributed by atoms with Gasteiger partial charge in [0.2, 0.25) is 0 Å². The third-order valence-corrected chi connectivity index (χ3v) is 3.70. The number of aryl methyl sites for hydroxylation is 2. The van der Waals surface area contributed by atoms with Crippen LogP contribution in [0.1, 0.15) is 23.4 Å². The molecule has 0 fully saturated rings. The molecule has 0 unspecified atom stereocenters. The molecule has 1 N–H and O–H groups in total. The van der Waals surface area contributed by atoms with Crippen LogP contribution in [0.2, 0.25) is 0 Å². The van der Waals surface area contributed by atoms with E-state index >= 15 is 0 Å². The van der Waals surface area contributed by atoms with E-state index in [-0.39, 0.29) is 0 Å². The summed E-state index contributed by atoms with van der Waals surface area (Å²) in [5.74, 6) is 0.699. The lowest BCUT2D eigenvalue weighted by Crippen LogP contribution is -2.10. The van der Waals surface area contributed by atoms with E-state index in [2.05, 4.69) is 36.2 Å². The topological polar surface area (TPSA) is 50.7 Å². The van der Waals surface area contributed by atoms with Gasteiger partial charge >= 0.3 is 0 Å². The van der Waals surface area contributed by atoms with Crippen LogP contribution < -0.4 is 5.32 Å². The lowest BCUT2D eigenvalue weighted by molar-refractivity contribution is 0.715. The fraction of sp³-hybridized carbons (Fsp3) is 0.400. The zero-order chi connectivity index (χ0) is 14.5.